The quantitative estimate of drug-likeness (QED) is 0.790. The van der Waals surface area contributed by atoms with Gasteiger partial charge in [-0.3, -0.25) is 4.21 Å². The van der Waals surface area contributed by atoms with E-state index in [2.05, 4.69) is 0 Å². The van der Waals surface area contributed by atoms with Crippen molar-refractivity contribution in [1.29, 1.82) is 0 Å². The van der Waals surface area contributed by atoms with Crippen LogP contribution in [0.25, 0.3) is 10.8 Å². The van der Waals surface area contributed by atoms with Gasteiger partial charge in [0.2, 0.25) is 0 Å². The number of benzene rings is 2. The van der Waals surface area contributed by atoms with Gasteiger partial charge in [0.05, 0.1) is 4.90 Å². The summed E-state index contributed by atoms with van der Waals surface area (Å²) in [5.41, 5.74) is 0. The molecule has 0 amide bonds. The first-order valence-corrected chi connectivity index (χ1v) is 7.67. The molecule has 2 rings (SSSR count). The van der Waals surface area contributed by atoms with Gasteiger partial charge in [-0.25, -0.2) is 8.42 Å². The second-order valence-corrected chi connectivity index (χ2v) is 6.73. The predicted molar refractivity (Wildman–Crippen MR) is 64.9 cm³/mol. The molecule has 1 unspecified atom stereocenters. The van der Waals surface area contributed by atoms with Gasteiger partial charge in [0.15, 0.2) is 9.84 Å². The molecule has 0 saturated carbocycles. The first kappa shape index (κ1) is 12.2. The van der Waals surface area contributed by atoms with Gasteiger partial charge in [-0.2, -0.15) is 0 Å². The summed E-state index contributed by atoms with van der Waals surface area (Å²) in [6, 6.07) is 11.8. The average Bonchev–Trinajstić information content (AvgIpc) is 2.26. The van der Waals surface area contributed by atoms with Crippen LogP contribution in [0.1, 0.15) is 0 Å². The van der Waals surface area contributed by atoms with Crippen LogP contribution in [0.2, 0.25) is 0 Å². The predicted octanol–water partition coefficient (Wildman–Crippen LogP) is 1.45. The maximum Gasteiger partial charge on any atom is 0.189 e. The van der Waals surface area contributed by atoms with E-state index in [0.29, 0.717) is 5.39 Å². The maximum atomic E-state index is 11.9. The SMILES string of the molecule is O=S([O-])CS(=O)(=O)c1cccc2ccccc12. The Balaban J connectivity index is 2.67. The van der Waals surface area contributed by atoms with E-state index < -0.39 is 26.0 Å². The number of hydrogen-bond acceptors (Lipinski definition) is 4. The van der Waals surface area contributed by atoms with Gasteiger partial charge < -0.3 is 4.55 Å². The molecule has 0 aliphatic carbocycles. The Morgan fingerprint density at radius 3 is 2.41 bits per heavy atom. The topological polar surface area (TPSA) is 74.3 Å². The van der Waals surface area contributed by atoms with Gasteiger partial charge in [-0.05, 0) is 22.5 Å². The summed E-state index contributed by atoms with van der Waals surface area (Å²) in [6.45, 7) is 0. The third-order valence-electron chi connectivity index (χ3n) is 2.34. The van der Waals surface area contributed by atoms with E-state index in [9.17, 15) is 17.2 Å². The fraction of sp³-hybridized carbons (Fsp3) is 0.0909. The Morgan fingerprint density at radius 2 is 1.71 bits per heavy atom. The molecule has 4 nitrogen and oxygen atoms in total. The Kier molecular flexibility index (Phi) is 3.28. The molecule has 0 bridgehead atoms. The van der Waals surface area contributed by atoms with Crippen molar-refractivity contribution in [2.45, 2.75) is 4.90 Å². The highest BCUT2D eigenvalue weighted by atomic mass is 32.3. The molecule has 17 heavy (non-hydrogen) atoms. The molecule has 0 aromatic heterocycles. The van der Waals surface area contributed by atoms with Crippen molar-refractivity contribution in [3.8, 4) is 0 Å². The van der Waals surface area contributed by atoms with Crippen molar-refractivity contribution >= 4 is 31.7 Å². The standard InChI is InChI=1S/C11H10O4S2/c12-16(13)8-17(14,15)11-7-3-5-9-4-1-2-6-10(9)11/h1-7H,8H2,(H,12,13)/p-1. The van der Waals surface area contributed by atoms with Crippen LogP contribution >= 0.6 is 0 Å². The molecule has 1 atom stereocenters. The molecule has 90 valence electrons. The van der Waals surface area contributed by atoms with E-state index >= 15 is 0 Å². The van der Waals surface area contributed by atoms with Gasteiger partial charge >= 0.3 is 0 Å². The Labute approximate surface area is 101 Å². The highest BCUT2D eigenvalue weighted by Crippen LogP contribution is 2.23. The van der Waals surface area contributed by atoms with Crippen molar-refractivity contribution in [2.24, 2.45) is 0 Å². The summed E-state index contributed by atoms with van der Waals surface area (Å²) in [6.07, 6.45) is 0. The van der Waals surface area contributed by atoms with Gasteiger partial charge in [0.25, 0.3) is 0 Å². The van der Waals surface area contributed by atoms with Crippen LogP contribution in [0.5, 0.6) is 0 Å². The van der Waals surface area contributed by atoms with Gasteiger partial charge in [-0.1, -0.05) is 36.4 Å². The van der Waals surface area contributed by atoms with Crippen LogP contribution in [0, 0.1) is 0 Å². The molecule has 6 heteroatoms. The lowest BCUT2D eigenvalue weighted by Gasteiger charge is -2.09. The van der Waals surface area contributed by atoms with Crippen LogP contribution in [-0.2, 0) is 20.9 Å². The number of fused-ring (bicyclic) bond motifs is 1. The van der Waals surface area contributed by atoms with Crippen LogP contribution in [-0.4, -0.2) is 22.3 Å². The average molecular weight is 269 g/mol. The number of rotatable bonds is 3. The zero-order valence-electron chi connectivity index (χ0n) is 8.70. The summed E-state index contributed by atoms with van der Waals surface area (Å²) in [5, 5.41) is 0.423. The minimum atomic E-state index is -3.80. The van der Waals surface area contributed by atoms with Gasteiger partial charge in [0.1, 0.15) is 5.08 Å². The molecule has 0 aliphatic rings. The summed E-state index contributed by atoms with van der Waals surface area (Å²) in [7, 11) is -3.80. The molecule has 0 spiro atoms. The first-order chi connectivity index (χ1) is 8.00. The minimum absolute atomic E-state index is 0.0554. The van der Waals surface area contributed by atoms with Crippen molar-refractivity contribution in [3.05, 3.63) is 42.5 Å². The van der Waals surface area contributed by atoms with E-state index in [1.807, 2.05) is 0 Å². The van der Waals surface area contributed by atoms with E-state index in [-0.39, 0.29) is 4.90 Å². The Morgan fingerprint density at radius 1 is 1.06 bits per heavy atom. The molecule has 0 saturated heterocycles. The first-order valence-electron chi connectivity index (χ1n) is 4.77. The highest BCUT2D eigenvalue weighted by molar-refractivity contribution is 8.03. The highest BCUT2D eigenvalue weighted by Gasteiger charge is 2.17. The Hall–Kier alpha value is -1.24. The second kappa shape index (κ2) is 4.56. The lowest BCUT2D eigenvalue weighted by atomic mass is 10.1. The summed E-state index contributed by atoms with van der Waals surface area (Å²) >= 11 is -2.62. The largest absolute Gasteiger partial charge is 0.772 e. The lowest BCUT2D eigenvalue weighted by Crippen LogP contribution is -2.11. The van der Waals surface area contributed by atoms with E-state index in [4.69, 9.17) is 0 Å². The van der Waals surface area contributed by atoms with Crippen LogP contribution in [0.3, 0.4) is 0 Å². The number of sulfone groups is 1. The van der Waals surface area contributed by atoms with Gasteiger partial charge in [-0.15, -0.1) is 0 Å². The molecular weight excluding hydrogens is 260 g/mol. The smallest absolute Gasteiger partial charge is 0.189 e. The Bertz CT molecular complexity index is 671. The fourth-order valence-electron chi connectivity index (χ4n) is 1.66. The normalized spacial score (nSPS) is 13.7. The van der Waals surface area contributed by atoms with Crippen molar-refractivity contribution < 1.29 is 17.2 Å². The summed E-state index contributed by atoms with van der Waals surface area (Å²) < 4.78 is 44.8. The monoisotopic (exact) mass is 269 g/mol. The van der Waals surface area contributed by atoms with Crippen molar-refractivity contribution in [1.82, 2.24) is 0 Å². The van der Waals surface area contributed by atoms with Gasteiger partial charge in [0, 0.05) is 5.39 Å². The van der Waals surface area contributed by atoms with Crippen LogP contribution < -0.4 is 0 Å². The lowest BCUT2D eigenvalue weighted by molar-refractivity contribution is 0.539. The summed E-state index contributed by atoms with van der Waals surface area (Å²) in [4.78, 5) is 0.0554. The molecule has 0 heterocycles. The van der Waals surface area contributed by atoms with E-state index in [0.717, 1.165) is 5.39 Å². The molecular formula is C11H9O4S2-. The molecule has 2 aromatic carbocycles. The maximum absolute atomic E-state index is 11.9. The summed E-state index contributed by atoms with van der Waals surface area (Å²) in [5.74, 6) is 0. The minimum Gasteiger partial charge on any atom is -0.772 e. The van der Waals surface area contributed by atoms with Crippen molar-refractivity contribution in [2.75, 3.05) is 5.08 Å². The van der Waals surface area contributed by atoms with Crippen LogP contribution in [0.15, 0.2) is 47.4 Å². The van der Waals surface area contributed by atoms with E-state index in [1.165, 1.54) is 6.07 Å². The van der Waals surface area contributed by atoms with E-state index in [1.54, 1.807) is 36.4 Å². The second-order valence-electron chi connectivity index (χ2n) is 3.51. The van der Waals surface area contributed by atoms with Crippen LogP contribution in [0.4, 0.5) is 0 Å². The molecule has 0 radical (unpaired) electrons. The third-order valence-corrected chi connectivity index (χ3v) is 5.37. The fourth-order valence-corrected chi connectivity index (χ4v) is 3.99. The zero-order valence-corrected chi connectivity index (χ0v) is 10.3. The zero-order chi connectivity index (χ0) is 12.5. The molecule has 0 N–H and O–H groups in total. The van der Waals surface area contributed by atoms with Crippen molar-refractivity contribution in [3.63, 3.8) is 0 Å². The molecule has 2 aromatic rings. The number of hydrogen-bond donors (Lipinski definition) is 0. The molecule has 0 aliphatic heterocycles. The third kappa shape index (κ3) is 2.54. The molecule has 0 fully saturated rings.